The molecule has 0 heterocycles. The van der Waals surface area contributed by atoms with Crippen LogP contribution in [0, 0.1) is 5.92 Å². The van der Waals surface area contributed by atoms with Crippen molar-refractivity contribution in [1.29, 1.82) is 0 Å². The molecule has 0 aromatic heterocycles. The number of carbonyl (C=O) groups excluding carboxylic acids is 3. The van der Waals surface area contributed by atoms with Gasteiger partial charge >= 0.3 is 11.9 Å². The van der Waals surface area contributed by atoms with E-state index in [1.165, 1.54) is 13.8 Å². The molecule has 0 aliphatic heterocycles. The van der Waals surface area contributed by atoms with Crippen LogP contribution in [0.15, 0.2) is 0 Å². The van der Waals surface area contributed by atoms with Crippen LogP contribution in [0.5, 0.6) is 0 Å². The molecular formula is C17H30N4O8. The van der Waals surface area contributed by atoms with Crippen LogP contribution in [0.4, 0.5) is 0 Å². The van der Waals surface area contributed by atoms with Gasteiger partial charge in [0.2, 0.25) is 17.7 Å². The molecule has 0 saturated heterocycles. The van der Waals surface area contributed by atoms with Crippen LogP contribution in [0.2, 0.25) is 0 Å². The Labute approximate surface area is 168 Å². The first-order valence-corrected chi connectivity index (χ1v) is 9.07. The van der Waals surface area contributed by atoms with Crippen LogP contribution in [-0.4, -0.2) is 75.3 Å². The Balaban J connectivity index is 5.29. The number of nitrogens with one attached hydrogen (secondary N) is 3. The highest BCUT2D eigenvalue weighted by molar-refractivity contribution is 5.94. The molecule has 0 aromatic carbocycles. The van der Waals surface area contributed by atoms with Gasteiger partial charge in [-0.15, -0.1) is 0 Å². The van der Waals surface area contributed by atoms with E-state index in [9.17, 15) is 29.1 Å². The summed E-state index contributed by atoms with van der Waals surface area (Å²) in [5.74, 6) is -5.50. The van der Waals surface area contributed by atoms with Crippen LogP contribution >= 0.6 is 0 Å². The molecule has 3 amide bonds. The number of hydrogen-bond donors (Lipinski definition) is 7. The third-order valence-corrected chi connectivity index (χ3v) is 3.98. The number of nitrogens with two attached hydrogens (primary N) is 1. The maximum Gasteiger partial charge on any atom is 0.326 e. The monoisotopic (exact) mass is 418 g/mol. The number of carbonyl (C=O) groups is 5. The molecule has 0 bridgehead atoms. The molecule has 0 aliphatic carbocycles. The molecule has 5 unspecified atom stereocenters. The largest absolute Gasteiger partial charge is 0.481 e. The molecule has 0 aromatic rings. The number of carboxylic acid groups (broad SMARTS) is 2. The number of aliphatic carboxylic acids is 2. The van der Waals surface area contributed by atoms with E-state index in [-0.39, 0.29) is 6.42 Å². The van der Waals surface area contributed by atoms with Gasteiger partial charge in [-0.1, -0.05) is 13.8 Å². The molecular weight excluding hydrogens is 388 g/mol. The van der Waals surface area contributed by atoms with Crippen molar-refractivity contribution in [1.82, 2.24) is 16.0 Å². The number of amides is 3. The third kappa shape index (κ3) is 9.34. The highest BCUT2D eigenvalue weighted by Gasteiger charge is 2.33. The lowest BCUT2D eigenvalue weighted by molar-refractivity contribution is -0.143. The average molecular weight is 418 g/mol. The molecule has 0 spiro atoms. The quantitative estimate of drug-likeness (QED) is 0.183. The number of carboxylic acids is 2. The summed E-state index contributed by atoms with van der Waals surface area (Å²) >= 11 is 0. The summed E-state index contributed by atoms with van der Waals surface area (Å²) in [4.78, 5) is 58.6. The molecule has 5 atom stereocenters. The van der Waals surface area contributed by atoms with E-state index in [0.717, 1.165) is 0 Å². The van der Waals surface area contributed by atoms with Gasteiger partial charge in [0.25, 0.3) is 0 Å². The fraction of sp³-hybridized carbons (Fsp3) is 0.706. The fourth-order valence-corrected chi connectivity index (χ4v) is 2.25. The Morgan fingerprint density at radius 1 is 0.828 bits per heavy atom. The summed E-state index contributed by atoms with van der Waals surface area (Å²) in [5.41, 5.74) is 5.43. The van der Waals surface area contributed by atoms with E-state index >= 15 is 0 Å². The number of hydrogen-bond acceptors (Lipinski definition) is 7. The van der Waals surface area contributed by atoms with Crippen LogP contribution in [0.1, 0.15) is 40.5 Å². The summed E-state index contributed by atoms with van der Waals surface area (Å²) < 4.78 is 0. The summed E-state index contributed by atoms with van der Waals surface area (Å²) in [6, 6.07) is -4.96. The van der Waals surface area contributed by atoms with Crippen molar-refractivity contribution >= 4 is 29.7 Å². The SMILES string of the molecule is CC(N)C(=O)NC(C(=O)NC(C(=O)NC(CCC(=O)O)C(=O)O)C(C)C)C(C)O. The van der Waals surface area contributed by atoms with E-state index in [0.29, 0.717) is 0 Å². The second-order valence-electron chi connectivity index (χ2n) is 7.08. The van der Waals surface area contributed by atoms with Crippen LogP contribution in [0.25, 0.3) is 0 Å². The van der Waals surface area contributed by atoms with Crippen molar-refractivity contribution < 1.29 is 39.3 Å². The summed E-state index contributed by atoms with van der Waals surface area (Å²) in [6.45, 7) is 5.84. The lowest BCUT2D eigenvalue weighted by Gasteiger charge is -2.27. The standard InChI is InChI=1S/C17H30N4O8/c1-7(2)12(15(26)19-10(17(28)29)5-6-11(23)24)20-16(27)13(9(4)22)21-14(25)8(3)18/h7-10,12-13,22H,5-6,18H2,1-4H3,(H,19,26)(H,20,27)(H,21,25)(H,23,24)(H,28,29). The van der Waals surface area contributed by atoms with E-state index in [4.69, 9.17) is 15.9 Å². The molecule has 0 aliphatic rings. The van der Waals surface area contributed by atoms with Crippen LogP contribution in [0.3, 0.4) is 0 Å². The first kappa shape index (κ1) is 26.3. The summed E-state index contributed by atoms with van der Waals surface area (Å²) in [7, 11) is 0. The number of rotatable bonds is 12. The molecule has 12 nitrogen and oxygen atoms in total. The lowest BCUT2D eigenvalue weighted by atomic mass is 10.0. The van der Waals surface area contributed by atoms with Gasteiger partial charge in [0.15, 0.2) is 0 Å². The van der Waals surface area contributed by atoms with Crippen molar-refractivity contribution in [2.45, 2.75) is 70.8 Å². The van der Waals surface area contributed by atoms with Crippen molar-refractivity contribution in [2.75, 3.05) is 0 Å². The second kappa shape index (κ2) is 12.0. The second-order valence-corrected chi connectivity index (χ2v) is 7.08. The normalized spacial score (nSPS) is 16.1. The zero-order chi connectivity index (χ0) is 22.9. The fourth-order valence-electron chi connectivity index (χ4n) is 2.25. The minimum Gasteiger partial charge on any atom is -0.481 e. The van der Waals surface area contributed by atoms with Crippen LogP contribution in [-0.2, 0) is 24.0 Å². The maximum atomic E-state index is 12.5. The van der Waals surface area contributed by atoms with Crippen LogP contribution < -0.4 is 21.7 Å². The Morgan fingerprint density at radius 3 is 1.69 bits per heavy atom. The first-order chi connectivity index (χ1) is 13.3. The Bertz CT molecular complexity index is 621. The minimum absolute atomic E-state index is 0.337. The minimum atomic E-state index is -1.46. The molecule has 12 heteroatoms. The molecule has 29 heavy (non-hydrogen) atoms. The Kier molecular flexibility index (Phi) is 10.8. The van der Waals surface area contributed by atoms with Crippen molar-refractivity contribution in [3.05, 3.63) is 0 Å². The lowest BCUT2D eigenvalue weighted by Crippen LogP contribution is -2.60. The van der Waals surface area contributed by atoms with Gasteiger partial charge in [-0.2, -0.15) is 0 Å². The zero-order valence-electron chi connectivity index (χ0n) is 16.8. The van der Waals surface area contributed by atoms with Crippen molar-refractivity contribution in [3.8, 4) is 0 Å². The summed E-state index contributed by atoms with van der Waals surface area (Å²) in [6.07, 6.45) is -2.10. The van der Waals surface area contributed by atoms with E-state index in [2.05, 4.69) is 16.0 Å². The molecule has 0 radical (unpaired) electrons. The van der Waals surface area contributed by atoms with Gasteiger partial charge in [-0.05, 0) is 26.2 Å². The average Bonchev–Trinajstić information content (AvgIpc) is 2.59. The predicted molar refractivity (Wildman–Crippen MR) is 100 cm³/mol. The first-order valence-electron chi connectivity index (χ1n) is 9.07. The number of aliphatic hydroxyl groups is 1. The zero-order valence-corrected chi connectivity index (χ0v) is 16.8. The van der Waals surface area contributed by atoms with Crippen molar-refractivity contribution in [2.24, 2.45) is 11.7 Å². The van der Waals surface area contributed by atoms with Gasteiger partial charge in [0.1, 0.15) is 18.1 Å². The van der Waals surface area contributed by atoms with Gasteiger partial charge in [-0.3, -0.25) is 19.2 Å². The topological polar surface area (TPSA) is 208 Å². The Morgan fingerprint density at radius 2 is 1.31 bits per heavy atom. The summed E-state index contributed by atoms with van der Waals surface area (Å²) in [5, 5.41) is 34.5. The third-order valence-electron chi connectivity index (χ3n) is 3.98. The van der Waals surface area contributed by atoms with Crippen molar-refractivity contribution in [3.63, 3.8) is 0 Å². The highest BCUT2D eigenvalue weighted by atomic mass is 16.4. The smallest absolute Gasteiger partial charge is 0.326 e. The molecule has 0 saturated carbocycles. The van der Waals surface area contributed by atoms with Gasteiger partial charge in [0.05, 0.1) is 12.1 Å². The molecule has 166 valence electrons. The van der Waals surface area contributed by atoms with Gasteiger partial charge in [-0.25, -0.2) is 4.79 Å². The highest BCUT2D eigenvalue weighted by Crippen LogP contribution is 2.06. The predicted octanol–water partition coefficient (Wildman–Crippen LogP) is -2.23. The molecule has 8 N–H and O–H groups in total. The van der Waals surface area contributed by atoms with Gasteiger partial charge < -0.3 is 37.0 Å². The molecule has 0 fully saturated rings. The van der Waals surface area contributed by atoms with E-state index in [1.807, 2.05) is 0 Å². The number of aliphatic hydroxyl groups excluding tert-OH is 1. The van der Waals surface area contributed by atoms with Gasteiger partial charge in [0, 0.05) is 6.42 Å². The molecule has 0 rings (SSSR count). The van der Waals surface area contributed by atoms with E-state index in [1.54, 1.807) is 13.8 Å². The van der Waals surface area contributed by atoms with E-state index < -0.39 is 72.3 Å². The Hall–Kier alpha value is -2.73. The maximum absolute atomic E-state index is 12.5.